The first-order valence-electron chi connectivity index (χ1n) is 8.72. The van der Waals surface area contributed by atoms with E-state index in [0.717, 1.165) is 0 Å². The molecule has 2 rings (SSSR count). The fourth-order valence-corrected chi connectivity index (χ4v) is 2.57. The summed E-state index contributed by atoms with van der Waals surface area (Å²) in [5.74, 6) is 0.450. The van der Waals surface area contributed by atoms with Crippen molar-refractivity contribution in [2.24, 2.45) is 11.7 Å². The molecule has 0 unspecified atom stereocenters. The number of benzene rings is 2. The van der Waals surface area contributed by atoms with Crippen LogP contribution in [0, 0.1) is 5.92 Å². The lowest BCUT2D eigenvalue weighted by atomic mass is 10.1. The summed E-state index contributed by atoms with van der Waals surface area (Å²) < 4.78 is 5.40. The second-order valence-electron chi connectivity index (χ2n) is 6.46. The van der Waals surface area contributed by atoms with Gasteiger partial charge in [-0.2, -0.15) is 0 Å². The average molecular weight is 426 g/mol. The molecule has 0 radical (unpaired) electrons. The number of rotatable bonds is 8. The first-order valence-corrected chi connectivity index (χ1v) is 9.10. The van der Waals surface area contributed by atoms with Crippen LogP contribution < -0.4 is 21.1 Å². The Labute approximate surface area is 176 Å². The van der Waals surface area contributed by atoms with Crippen LogP contribution in [0.1, 0.15) is 30.6 Å². The van der Waals surface area contributed by atoms with Crippen molar-refractivity contribution in [3.05, 3.63) is 53.1 Å². The zero-order valence-corrected chi connectivity index (χ0v) is 17.4. The number of ether oxygens (including phenoxy) is 1. The number of nitrogens with one attached hydrogen (secondary N) is 2. The van der Waals surface area contributed by atoms with Crippen LogP contribution in [0.3, 0.4) is 0 Å². The maximum Gasteiger partial charge on any atom is 0.257 e. The van der Waals surface area contributed by atoms with Crippen molar-refractivity contribution in [2.45, 2.75) is 20.3 Å². The van der Waals surface area contributed by atoms with Crippen molar-refractivity contribution in [1.82, 2.24) is 0 Å². The lowest BCUT2D eigenvalue weighted by molar-refractivity contribution is -0.116. The van der Waals surface area contributed by atoms with Gasteiger partial charge < -0.3 is 21.1 Å². The average Bonchev–Trinajstić information content (AvgIpc) is 2.62. The van der Waals surface area contributed by atoms with Gasteiger partial charge in [0.05, 0.1) is 10.6 Å². The van der Waals surface area contributed by atoms with Gasteiger partial charge in [-0.05, 0) is 48.4 Å². The number of carbonyl (C=O) groups excluding carboxylic acids is 2. The SMILES string of the molecule is CC(C)CC(=O)Nc1ccc(Cl)c(C(=O)Nc2ccc(OCCN)cc2)c1.Cl. The number of anilines is 2. The molecule has 0 saturated carbocycles. The Hall–Kier alpha value is -2.28. The molecule has 0 spiro atoms. The topological polar surface area (TPSA) is 93.5 Å². The molecule has 2 amide bonds. The third-order valence-electron chi connectivity index (χ3n) is 3.59. The molecular formula is C20H25Cl2N3O3. The molecule has 6 nitrogen and oxygen atoms in total. The Bertz CT molecular complexity index is 796. The minimum Gasteiger partial charge on any atom is -0.492 e. The Morgan fingerprint density at radius 1 is 1.07 bits per heavy atom. The third-order valence-corrected chi connectivity index (χ3v) is 3.92. The Morgan fingerprint density at radius 2 is 1.71 bits per heavy atom. The summed E-state index contributed by atoms with van der Waals surface area (Å²) in [6.07, 6.45) is 0.405. The van der Waals surface area contributed by atoms with E-state index in [4.69, 9.17) is 22.1 Å². The number of hydrogen-bond acceptors (Lipinski definition) is 4. The van der Waals surface area contributed by atoms with Gasteiger partial charge in [0.15, 0.2) is 0 Å². The predicted molar refractivity (Wildman–Crippen MR) is 116 cm³/mol. The lowest BCUT2D eigenvalue weighted by Gasteiger charge is -2.11. The van der Waals surface area contributed by atoms with Crippen LogP contribution >= 0.6 is 24.0 Å². The third kappa shape index (κ3) is 7.38. The summed E-state index contributed by atoms with van der Waals surface area (Å²) in [6, 6.07) is 11.8. The molecule has 4 N–H and O–H groups in total. The first kappa shape index (κ1) is 23.8. The smallest absolute Gasteiger partial charge is 0.257 e. The summed E-state index contributed by atoms with van der Waals surface area (Å²) in [5.41, 5.74) is 6.81. The van der Waals surface area contributed by atoms with Crippen molar-refractivity contribution in [2.75, 3.05) is 23.8 Å². The summed E-state index contributed by atoms with van der Waals surface area (Å²) in [7, 11) is 0. The largest absolute Gasteiger partial charge is 0.492 e. The van der Waals surface area contributed by atoms with E-state index in [-0.39, 0.29) is 35.7 Å². The predicted octanol–water partition coefficient (Wildman–Crippen LogP) is 4.34. The Balaban J connectivity index is 0.00000392. The number of hydrogen-bond donors (Lipinski definition) is 3. The van der Waals surface area contributed by atoms with Gasteiger partial charge in [0.25, 0.3) is 5.91 Å². The van der Waals surface area contributed by atoms with E-state index in [1.165, 1.54) is 0 Å². The fraction of sp³-hybridized carbons (Fsp3) is 0.300. The van der Waals surface area contributed by atoms with Gasteiger partial charge in [-0.1, -0.05) is 25.4 Å². The molecule has 0 heterocycles. The van der Waals surface area contributed by atoms with Gasteiger partial charge in [-0.25, -0.2) is 0 Å². The molecule has 0 bridgehead atoms. The first-order chi connectivity index (χ1) is 12.9. The van der Waals surface area contributed by atoms with Crippen molar-refractivity contribution in [3.8, 4) is 5.75 Å². The van der Waals surface area contributed by atoms with Gasteiger partial charge in [-0.3, -0.25) is 9.59 Å². The zero-order chi connectivity index (χ0) is 19.8. The molecule has 0 aliphatic heterocycles. The number of amides is 2. The summed E-state index contributed by atoms with van der Waals surface area (Å²) in [5, 5.41) is 5.86. The van der Waals surface area contributed by atoms with Gasteiger partial charge in [0.1, 0.15) is 12.4 Å². The molecule has 0 aliphatic carbocycles. The van der Waals surface area contributed by atoms with Crippen LogP contribution in [0.25, 0.3) is 0 Å². The van der Waals surface area contributed by atoms with Crippen molar-refractivity contribution in [3.63, 3.8) is 0 Å². The van der Waals surface area contributed by atoms with E-state index >= 15 is 0 Å². The molecule has 2 aromatic carbocycles. The molecule has 0 atom stereocenters. The highest BCUT2D eigenvalue weighted by atomic mass is 35.5. The lowest BCUT2D eigenvalue weighted by Crippen LogP contribution is -2.16. The van der Waals surface area contributed by atoms with Crippen LogP contribution in [0.15, 0.2) is 42.5 Å². The monoisotopic (exact) mass is 425 g/mol. The molecule has 28 heavy (non-hydrogen) atoms. The van der Waals surface area contributed by atoms with E-state index in [1.54, 1.807) is 42.5 Å². The highest BCUT2D eigenvalue weighted by Gasteiger charge is 2.13. The van der Waals surface area contributed by atoms with E-state index in [2.05, 4.69) is 10.6 Å². The molecule has 2 aromatic rings. The van der Waals surface area contributed by atoms with Crippen LogP contribution in [0.5, 0.6) is 5.75 Å². The summed E-state index contributed by atoms with van der Waals surface area (Å²) in [4.78, 5) is 24.5. The standard InChI is InChI=1S/C20H24ClN3O3.ClH/c1-13(2)11-19(25)23-15-5-8-18(21)17(12-15)20(26)24-14-3-6-16(7-4-14)27-10-9-22;/h3-8,12-13H,9-11,22H2,1-2H3,(H,23,25)(H,24,26);1H. The molecule has 0 fully saturated rings. The summed E-state index contributed by atoms with van der Waals surface area (Å²) in [6.45, 7) is 4.79. The van der Waals surface area contributed by atoms with Crippen LogP contribution in [-0.2, 0) is 4.79 Å². The van der Waals surface area contributed by atoms with Gasteiger partial charge in [0.2, 0.25) is 5.91 Å². The van der Waals surface area contributed by atoms with Gasteiger partial charge in [-0.15, -0.1) is 12.4 Å². The van der Waals surface area contributed by atoms with Crippen LogP contribution in [-0.4, -0.2) is 25.0 Å². The Kier molecular flexibility index (Phi) is 9.79. The van der Waals surface area contributed by atoms with Crippen molar-refractivity contribution in [1.29, 1.82) is 0 Å². The molecule has 152 valence electrons. The highest BCUT2D eigenvalue weighted by Crippen LogP contribution is 2.23. The van der Waals surface area contributed by atoms with E-state index < -0.39 is 0 Å². The fourth-order valence-electron chi connectivity index (χ4n) is 2.37. The van der Waals surface area contributed by atoms with E-state index in [9.17, 15) is 9.59 Å². The molecular weight excluding hydrogens is 401 g/mol. The van der Waals surface area contributed by atoms with E-state index in [1.807, 2.05) is 13.8 Å². The number of halogens is 2. The minimum absolute atomic E-state index is 0. The quantitative estimate of drug-likeness (QED) is 0.586. The Morgan fingerprint density at radius 3 is 2.32 bits per heavy atom. The maximum absolute atomic E-state index is 12.6. The molecule has 0 aromatic heterocycles. The second kappa shape index (κ2) is 11.5. The second-order valence-corrected chi connectivity index (χ2v) is 6.86. The summed E-state index contributed by atoms with van der Waals surface area (Å²) >= 11 is 6.16. The van der Waals surface area contributed by atoms with Crippen molar-refractivity contribution < 1.29 is 14.3 Å². The van der Waals surface area contributed by atoms with Crippen LogP contribution in [0.2, 0.25) is 5.02 Å². The molecule has 0 saturated heterocycles. The maximum atomic E-state index is 12.6. The molecule has 0 aliphatic rings. The normalized spacial score (nSPS) is 10.2. The van der Waals surface area contributed by atoms with E-state index in [0.29, 0.717) is 41.7 Å². The van der Waals surface area contributed by atoms with Gasteiger partial charge >= 0.3 is 0 Å². The van der Waals surface area contributed by atoms with Crippen molar-refractivity contribution >= 4 is 47.2 Å². The number of carbonyl (C=O) groups is 2. The number of nitrogens with two attached hydrogens (primary N) is 1. The minimum atomic E-state index is -0.365. The molecule has 8 heteroatoms. The van der Waals surface area contributed by atoms with Crippen LogP contribution in [0.4, 0.5) is 11.4 Å². The highest BCUT2D eigenvalue weighted by molar-refractivity contribution is 6.34. The van der Waals surface area contributed by atoms with Gasteiger partial charge in [0, 0.05) is 24.3 Å². The zero-order valence-electron chi connectivity index (χ0n) is 15.8.